The molecule has 2 atom stereocenters. The minimum atomic E-state index is 0.233. The van der Waals surface area contributed by atoms with Gasteiger partial charge in [0.25, 0.3) is 16.1 Å². The fraction of sp³-hybridized carbons (Fsp3) is 0.889. The minimum Gasteiger partial charge on any atom is -0.444 e. The molecule has 0 heterocycles. The molecular formula is C9H20B2O3. The third-order valence-corrected chi connectivity index (χ3v) is 2.17. The zero-order valence-electron chi connectivity index (χ0n) is 9.71. The van der Waals surface area contributed by atoms with Crippen LogP contribution in [0.15, 0.2) is 0 Å². The van der Waals surface area contributed by atoms with Crippen molar-refractivity contribution >= 4 is 21.9 Å². The van der Waals surface area contributed by atoms with E-state index in [1.54, 1.807) is 23.0 Å². The Morgan fingerprint density at radius 1 is 1.29 bits per heavy atom. The summed E-state index contributed by atoms with van der Waals surface area (Å²) in [6, 6.07) is 0. The molecule has 0 spiro atoms. The largest absolute Gasteiger partial charge is 0.444 e. The van der Waals surface area contributed by atoms with Gasteiger partial charge in [-0.15, -0.1) is 0 Å². The van der Waals surface area contributed by atoms with Gasteiger partial charge in [0.1, 0.15) is 5.78 Å². The van der Waals surface area contributed by atoms with Gasteiger partial charge >= 0.3 is 0 Å². The van der Waals surface area contributed by atoms with E-state index in [0.29, 0.717) is 24.9 Å². The highest BCUT2D eigenvalue weighted by atomic mass is 16.4. The van der Waals surface area contributed by atoms with Crippen LogP contribution in [0, 0.1) is 11.8 Å². The fourth-order valence-electron chi connectivity index (χ4n) is 1.77. The molecular weight excluding hydrogens is 178 g/mol. The number of hydrogen-bond acceptors (Lipinski definition) is 3. The van der Waals surface area contributed by atoms with E-state index in [4.69, 9.17) is 9.31 Å². The Labute approximate surface area is 88.4 Å². The maximum Gasteiger partial charge on any atom is 0.257 e. The van der Waals surface area contributed by atoms with E-state index < -0.39 is 0 Å². The van der Waals surface area contributed by atoms with E-state index >= 15 is 0 Å². The summed E-state index contributed by atoms with van der Waals surface area (Å²) in [4.78, 5) is 11.0. The monoisotopic (exact) mass is 198 g/mol. The van der Waals surface area contributed by atoms with Crippen LogP contribution in [0.25, 0.3) is 0 Å². The summed E-state index contributed by atoms with van der Waals surface area (Å²) in [5, 5.41) is 0. The first kappa shape index (κ1) is 13.7. The van der Waals surface area contributed by atoms with Crippen molar-refractivity contribution in [2.24, 2.45) is 11.8 Å². The highest BCUT2D eigenvalue weighted by Gasteiger charge is 2.14. The van der Waals surface area contributed by atoms with Crippen molar-refractivity contribution in [3.63, 3.8) is 0 Å². The van der Waals surface area contributed by atoms with Crippen molar-refractivity contribution in [3.8, 4) is 0 Å². The smallest absolute Gasteiger partial charge is 0.257 e. The van der Waals surface area contributed by atoms with Crippen LogP contribution >= 0.6 is 0 Å². The lowest BCUT2D eigenvalue weighted by Gasteiger charge is -2.19. The molecule has 0 bridgehead atoms. The van der Waals surface area contributed by atoms with E-state index in [0.717, 1.165) is 13.0 Å². The average Bonchev–Trinajstić information content (AvgIpc) is 2.03. The van der Waals surface area contributed by atoms with E-state index in [1.165, 1.54) is 0 Å². The minimum absolute atomic E-state index is 0.233. The summed E-state index contributed by atoms with van der Waals surface area (Å²) in [5.74, 6) is 1.05. The van der Waals surface area contributed by atoms with Crippen LogP contribution in [0.2, 0.25) is 0 Å². The second-order valence-electron chi connectivity index (χ2n) is 4.02. The highest BCUT2D eigenvalue weighted by Crippen LogP contribution is 2.16. The SMILES string of the molecule is BOCC(C)CC(COB)CC(C)=O. The first-order valence-corrected chi connectivity index (χ1v) is 5.07. The summed E-state index contributed by atoms with van der Waals surface area (Å²) in [6.45, 7) is 5.17. The molecule has 80 valence electrons. The Morgan fingerprint density at radius 3 is 2.29 bits per heavy atom. The third kappa shape index (κ3) is 7.15. The lowest BCUT2D eigenvalue weighted by Crippen LogP contribution is -2.18. The predicted octanol–water partition coefficient (Wildman–Crippen LogP) is -0.263. The van der Waals surface area contributed by atoms with Gasteiger partial charge in [0, 0.05) is 19.6 Å². The molecule has 2 unspecified atom stereocenters. The molecule has 14 heavy (non-hydrogen) atoms. The fourth-order valence-corrected chi connectivity index (χ4v) is 1.77. The molecule has 0 aromatic carbocycles. The van der Waals surface area contributed by atoms with Crippen LogP contribution in [0.4, 0.5) is 0 Å². The number of rotatable bonds is 8. The van der Waals surface area contributed by atoms with Crippen molar-refractivity contribution in [1.82, 2.24) is 0 Å². The Hall–Kier alpha value is -0.280. The molecule has 0 amide bonds. The van der Waals surface area contributed by atoms with Crippen molar-refractivity contribution in [3.05, 3.63) is 0 Å². The van der Waals surface area contributed by atoms with E-state index in [1.807, 2.05) is 0 Å². The summed E-state index contributed by atoms with van der Waals surface area (Å²) >= 11 is 0. The number of carbonyl (C=O) groups is 1. The van der Waals surface area contributed by atoms with Gasteiger partial charge in [-0.05, 0) is 25.2 Å². The second-order valence-corrected chi connectivity index (χ2v) is 4.02. The van der Waals surface area contributed by atoms with Crippen molar-refractivity contribution < 1.29 is 14.1 Å². The quantitative estimate of drug-likeness (QED) is 0.504. The van der Waals surface area contributed by atoms with Crippen LogP contribution in [0.3, 0.4) is 0 Å². The molecule has 0 aromatic heterocycles. The van der Waals surface area contributed by atoms with Gasteiger partial charge in [-0.3, -0.25) is 0 Å². The van der Waals surface area contributed by atoms with Crippen molar-refractivity contribution in [2.75, 3.05) is 13.2 Å². The molecule has 0 aromatic rings. The number of carbonyl (C=O) groups excluding carboxylic acids is 1. The zero-order valence-corrected chi connectivity index (χ0v) is 9.71. The predicted molar refractivity (Wildman–Crippen MR) is 61.6 cm³/mol. The van der Waals surface area contributed by atoms with Crippen LogP contribution in [-0.4, -0.2) is 35.1 Å². The van der Waals surface area contributed by atoms with Gasteiger partial charge in [0.15, 0.2) is 0 Å². The normalized spacial score (nSPS) is 15.0. The van der Waals surface area contributed by atoms with Gasteiger partial charge in [-0.2, -0.15) is 0 Å². The van der Waals surface area contributed by atoms with Gasteiger partial charge in [-0.25, -0.2) is 0 Å². The van der Waals surface area contributed by atoms with Crippen molar-refractivity contribution in [2.45, 2.75) is 26.7 Å². The molecule has 0 radical (unpaired) electrons. The Kier molecular flexibility index (Phi) is 7.90. The second kappa shape index (κ2) is 8.06. The number of ketones is 1. The first-order chi connectivity index (χ1) is 6.60. The zero-order chi connectivity index (χ0) is 11.0. The van der Waals surface area contributed by atoms with Crippen LogP contribution < -0.4 is 0 Å². The maximum absolute atomic E-state index is 11.0. The summed E-state index contributed by atoms with van der Waals surface area (Å²) in [7, 11) is 3.38. The van der Waals surface area contributed by atoms with E-state index in [9.17, 15) is 4.79 Å². The summed E-state index contributed by atoms with van der Waals surface area (Å²) in [6.07, 6.45) is 1.60. The molecule has 0 aliphatic rings. The van der Waals surface area contributed by atoms with Crippen molar-refractivity contribution in [1.29, 1.82) is 0 Å². The summed E-state index contributed by atoms with van der Waals surface area (Å²) < 4.78 is 10.2. The first-order valence-electron chi connectivity index (χ1n) is 5.07. The van der Waals surface area contributed by atoms with Crippen LogP contribution in [0.1, 0.15) is 26.7 Å². The number of Topliss-reactive ketones (excluding diaryl/α,β-unsaturated/α-hetero) is 1. The molecule has 3 nitrogen and oxygen atoms in total. The van der Waals surface area contributed by atoms with Gasteiger partial charge in [0.05, 0.1) is 0 Å². The van der Waals surface area contributed by atoms with Crippen LogP contribution in [-0.2, 0) is 14.1 Å². The molecule has 0 saturated carbocycles. The standard InChI is InChI=1S/C9H20B2O3/c1-7(5-13-10)3-9(6-14-11)4-8(2)12/h7,9H,3-6,10-11H2,1-2H3. The Bertz CT molecular complexity index is 164. The molecule has 0 aliphatic carbocycles. The van der Waals surface area contributed by atoms with E-state index in [2.05, 4.69) is 6.92 Å². The number of hydrogen-bond donors (Lipinski definition) is 0. The van der Waals surface area contributed by atoms with Gasteiger partial charge < -0.3 is 14.1 Å². The lowest BCUT2D eigenvalue weighted by molar-refractivity contribution is -0.118. The van der Waals surface area contributed by atoms with Gasteiger partial charge in [-0.1, -0.05) is 6.92 Å². The van der Waals surface area contributed by atoms with Gasteiger partial charge in [0.2, 0.25) is 0 Å². The molecule has 0 saturated heterocycles. The molecule has 5 heteroatoms. The molecule has 0 rings (SSSR count). The Morgan fingerprint density at radius 2 is 1.86 bits per heavy atom. The molecule has 0 N–H and O–H groups in total. The maximum atomic E-state index is 11.0. The summed E-state index contributed by atoms with van der Waals surface area (Å²) in [5.41, 5.74) is 0. The van der Waals surface area contributed by atoms with Crippen LogP contribution in [0.5, 0.6) is 0 Å². The topological polar surface area (TPSA) is 35.5 Å². The highest BCUT2D eigenvalue weighted by molar-refractivity contribution is 5.98. The van der Waals surface area contributed by atoms with E-state index in [-0.39, 0.29) is 5.78 Å². The molecule has 0 aliphatic heterocycles. The Balaban J connectivity index is 3.87. The molecule has 0 fully saturated rings. The lowest BCUT2D eigenvalue weighted by atomic mass is 9.92. The third-order valence-electron chi connectivity index (χ3n) is 2.17. The average molecular weight is 198 g/mol.